The first-order chi connectivity index (χ1) is 23.3. The molecule has 0 spiro atoms. The fourth-order valence-electron chi connectivity index (χ4n) is 6.87. The molecular formula is C44H42NO2P. The van der Waals surface area contributed by atoms with E-state index in [1.54, 1.807) is 0 Å². The highest BCUT2D eigenvalue weighted by atomic mass is 31.1. The molecule has 0 N–H and O–H groups in total. The van der Waals surface area contributed by atoms with Gasteiger partial charge in [0, 0.05) is 22.9 Å². The molecule has 48 heavy (non-hydrogen) atoms. The minimum Gasteiger partial charge on any atom is -0.407 e. The van der Waals surface area contributed by atoms with Crippen LogP contribution in [0.3, 0.4) is 0 Å². The number of rotatable bonds is 9. The van der Waals surface area contributed by atoms with Gasteiger partial charge in [-0.1, -0.05) is 133 Å². The van der Waals surface area contributed by atoms with E-state index in [2.05, 4.69) is 167 Å². The highest BCUT2D eigenvalue weighted by molar-refractivity contribution is 7.39. The van der Waals surface area contributed by atoms with Gasteiger partial charge in [-0.25, -0.2) is 0 Å². The molecule has 0 bridgehead atoms. The quantitative estimate of drug-likeness (QED) is 0.146. The Kier molecular flexibility index (Phi) is 8.84. The van der Waals surface area contributed by atoms with Crippen molar-refractivity contribution < 1.29 is 8.39 Å². The maximum absolute atomic E-state index is 7.26. The van der Waals surface area contributed by atoms with Gasteiger partial charge in [0.1, 0.15) is 11.2 Å². The molecule has 0 amide bonds. The van der Waals surface area contributed by atoms with E-state index < -0.39 is 8.16 Å². The Balaban J connectivity index is 1.53. The second kappa shape index (κ2) is 13.4. The third kappa shape index (κ3) is 6.24. The molecule has 1 heterocycles. The SMILES string of the molecule is C=C(C)Cc1cccc2c1op(N([C@@H](C)c1ccc3ccccc3c1)[C@@H](C)c1ccc3ccccc3c1)oc1c(CC(=C)C)cccc12. The Morgan fingerprint density at radius 3 is 1.40 bits per heavy atom. The maximum atomic E-state index is 7.26. The molecule has 240 valence electrons. The zero-order valence-corrected chi connectivity index (χ0v) is 29.1. The summed E-state index contributed by atoms with van der Waals surface area (Å²) < 4.78 is 17.0. The van der Waals surface area contributed by atoms with Crippen LogP contribution >= 0.6 is 8.16 Å². The van der Waals surface area contributed by atoms with E-state index in [9.17, 15) is 0 Å². The molecule has 0 aliphatic carbocycles. The number of benzene rings is 6. The Hall–Kier alpha value is -4.82. The largest absolute Gasteiger partial charge is 0.407 e. The van der Waals surface area contributed by atoms with Gasteiger partial charge >= 0.3 is 8.16 Å². The summed E-state index contributed by atoms with van der Waals surface area (Å²) in [5.74, 6) is 0. The number of fused-ring (bicyclic) bond motifs is 5. The minimum atomic E-state index is -1.66. The molecular weight excluding hydrogens is 605 g/mol. The summed E-state index contributed by atoms with van der Waals surface area (Å²) in [6, 6.07) is 43.5. The molecule has 0 saturated carbocycles. The molecule has 7 aromatic rings. The van der Waals surface area contributed by atoms with Crippen molar-refractivity contribution in [1.29, 1.82) is 0 Å². The average molecular weight is 648 g/mol. The first-order valence-electron chi connectivity index (χ1n) is 16.7. The summed E-state index contributed by atoms with van der Waals surface area (Å²) in [6.07, 6.45) is 1.46. The van der Waals surface area contributed by atoms with E-state index >= 15 is 0 Å². The van der Waals surface area contributed by atoms with Gasteiger partial charge in [0.25, 0.3) is 0 Å². The number of nitrogens with zero attached hydrogens (tertiary/aromatic N) is 1. The summed E-state index contributed by atoms with van der Waals surface area (Å²) in [4.78, 5) is 0. The monoisotopic (exact) mass is 647 g/mol. The summed E-state index contributed by atoms with van der Waals surface area (Å²) in [7, 11) is -1.66. The van der Waals surface area contributed by atoms with Crippen molar-refractivity contribution in [3.63, 3.8) is 0 Å². The molecule has 3 nitrogen and oxygen atoms in total. The minimum absolute atomic E-state index is 0.0335. The molecule has 4 heteroatoms. The lowest BCUT2D eigenvalue weighted by Crippen LogP contribution is -2.27. The molecule has 0 radical (unpaired) electrons. The van der Waals surface area contributed by atoms with Crippen LogP contribution in [0.5, 0.6) is 0 Å². The Morgan fingerprint density at radius 2 is 0.979 bits per heavy atom. The Labute approximate surface area is 284 Å². The van der Waals surface area contributed by atoms with Crippen molar-refractivity contribution in [3.8, 4) is 0 Å². The molecule has 0 aliphatic rings. The zero-order chi connectivity index (χ0) is 33.4. The van der Waals surface area contributed by atoms with Gasteiger partial charge in [-0.3, -0.25) is 0 Å². The standard InChI is InChI=1S/C44H42NO2P/c1-29(2)25-39-17-11-19-41-42-20-12-18-40(26-30(3)4)44(42)47-48(46-43(39)41)45(31(5)35-23-21-33-13-7-9-15-37(33)27-35)32(6)36-24-22-34-14-8-10-16-38(34)28-36/h7-24,27-28,31-32H,1,3,25-26H2,2,4-6H3/t31-,32-/m0/s1. The number of hydrogen-bond donors (Lipinski definition) is 0. The van der Waals surface area contributed by atoms with Crippen LogP contribution in [0.25, 0.3) is 43.5 Å². The summed E-state index contributed by atoms with van der Waals surface area (Å²) >= 11 is 0. The van der Waals surface area contributed by atoms with E-state index in [1.807, 2.05) is 0 Å². The molecule has 0 aliphatic heterocycles. The average Bonchev–Trinajstić information content (AvgIpc) is 3.25. The van der Waals surface area contributed by atoms with Crippen molar-refractivity contribution in [2.24, 2.45) is 0 Å². The third-order valence-corrected chi connectivity index (χ3v) is 11.0. The fraction of sp³-hybridized carbons (Fsp3) is 0.182. The molecule has 6 aromatic carbocycles. The van der Waals surface area contributed by atoms with Crippen molar-refractivity contribution in [1.82, 2.24) is 0 Å². The van der Waals surface area contributed by atoms with Crippen LogP contribution in [0.2, 0.25) is 0 Å². The van der Waals surface area contributed by atoms with Crippen LogP contribution in [-0.2, 0) is 12.8 Å². The highest BCUT2D eigenvalue weighted by Crippen LogP contribution is 2.47. The van der Waals surface area contributed by atoms with Gasteiger partial charge in [-0.05, 0) is 96.5 Å². The van der Waals surface area contributed by atoms with Crippen LogP contribution < -0.4 is 4.67 Å². The normalized spacial score (nSPS) is 12.9. The van der Waals surface area contributed by atoms with E-state index in [-0.39, 0.29) is 12.1 Å². The van der Waals surface area contributed by atoms with E-state index in [0.29, 0.717) is 0 Å². The van der Waals surface area contributed by atoms with Gasteiger partial charge in [-0.2, -0.15) is 4.67 Å². The second-order valence-electron chi connectivity index (χ2n) is 13.2. The predicted molar refractivity (Wildman–Crippen MR) is 206 cm³/mol. The predicted octanol–water partition coefficient (Wildman–Crippen LogP) is 13.3. The van der Waals surface area contributed by atoms with Crippen molar-refractivity contribution >= 4 is 51.6 Å². The number of allylic oxidation sites excluding steroid dienone is 2. The lowest BCUT2D eigenvalue weighted by molar-refractivity contribution is 0.557. The summed E-state index contributed by atoms with van der Waals surface area (Å²) in [5, 5.41) is 7.00. The fourth-order valence-corrected chi connectivity index (χ4v) is 8.67. The first-order valence-corrected chi connectivity index (χ1v) is 17.8. The maximum Gasteiger partial charge on any atom is 0.310 e. The van der Waals surface area contributed by atoms with Crippen LogP contribution in [0, 0.1) is 0 Å². The summed E-state index contributed by atoms with van der Waals surface area (Å²) in [6.45, 7) is 17.2. The van der Waals surface area contributed by atoms with Crippen LogP contribution in [0.4, 0.5) is 0 Å². The smallest absolute Gasteiger partial charge is 0.310 e. The molecule has 1 aromatic heterocycles. The topological polar surface area (TPSA) is 29.5 Å². The van der Waals surface area contributed by atoms with E-state index in [4.69, 9.17) is 8.39 Å². The van der Waals surface area contributed by atoms with Gasteiger partial charge in [0.2, 0.25) is 0 Å². The van der Waals surface area contributed by atoms with Crippen LogP contribution in [-0.4, -0.2) is 0 Å². The molecule has 7 rings (SSSR count). The van der Waals surface area contributed by atoms with Crippen molar-refractivity contribution in [2.75, 3.05) is 4.67 Å². The second-order valence-corrected chi connectivity index (χ2v) is 14.5. The molecule has 0 saturated heterocycles. The summed E-state index contributed by atoms with van der Waals surface area (Å²) in [5.41, 5.74) is 8.58. The molecule has 2 atom stereocenters. The van der Waals surface area contributed by atoms with Gasteiger partial charge in [0.15, 0.2) is 0 Å². The van der Waals surface area contributed by atoms with Gasteiger partial charge in [-0.15, -0.1) is 0 Å². The molecule has 0 unspecified atom stereocenters. The first kappa shape index (κ1) is 31.8. The Bertz CT molecular complexity index is 2200. The lowest BCUT2D eigenvalue weighted by atomic mass is 9.99. The lowest BCUT2D eigenvalue weighted by Gasteiger charge is -2.32. The Morgan fingerprint density at radius 1 is 0.562 bits per heavy atom. The van der Waals surface area contributed by atoms with Gasteiger partial charge < -0.3 is 8.39 Å². The van der Waals surface area contributed by atoms with E-state index in [0.717, 1.165) is 57.1 Å². The van der Waals surface area contributed by atoms with Crippen molar-refractivity contribution in [2.45, 2.75) is 52.6 Å². The van der Waals surface area contributed by atoms with E-state index in [1.165, 1.54) is 32.7 Å². The number of hydrogen-bond acceptors (Lipinski definition) is 3. The van der Waals surface area contributed by atoms with Gasteiger partial charge in [0.05, 0.1) is 0 Å². The number of para-hydroxylation sites is 2. The van der Waals surface area contributed by atoms with Crippen molar-refractivity contribution in [3.05, 3.63) is 168 Å². The zero-order valence-electron chi connectivity index (χ0n) is 28.2. The molecule has 0 fully saturated rings. The highest BCUT2D eigenvalue weighted by Gasteiger charge is 2.30. The third-order valence-electron chi connectivity index (χ3n) is 9.30. The van der Waals surface area contributed by atoms with Crippen LogP contribution in [0.1, 0.15) is 62.0 Å². The van der Waals surface area contributed by atoms with Crippen LogP contribution in [0.15, 0.2) is 154 Å².